The highest BCUT2D eigenvalue weighted by Crippen LogP contribution is 2.23. The average molecular weight is 427 g/mol. The molecule has 2 aliphatic rings. The summed E-state index contributed by atoms with van der Waals surface area (Å²) in [7, 11) is 1.80. The number of hydrogen-bond donors (Lipinski definition) is 0. The van der Waals surface area contributed by atoms with Gasteiger partial charge in [0.15, 0.2) is 0 Å². The lowest BCUT2D eigenvalue weighted by Crippen LogP contribution is -2.51. The number of carbonyl (C=O) groups excluding carboxylic acids is 2. The van der Waals surface area contributed by atoms with E-state index in [2.05, 4.69) is 9.80 Å². The molecule has 0 N–H and O–H groups in total. The van der Waals surface area contributed by atoms with Crippen LogP contribution in [-0.2, 0) is 16.1 Å². The molecule has 0 unspecified atom stereocenters. The van der Waals surface area contributed by atoms with E-state index in [4.69, 9.17) is 23.2 Å². The van der Waals surface area contributed by atoms with Crippen molar-refractivity contribution in [2.24, 2.45) is 0 Å². The third-order valence-corrected chi connectivity index (χ3v) is 6.21. The van der Waals surface area contributed by atoms with E-state index in [1.807, 2.05) is 11.0 Å². The first-order chi connectivity index (χ1) is 13.4. The van der Waals surface area contributed by atoms with E-state index in [9.17, 15) is 9.59 Å². The van der Waals surface area contributed by atoms with Gasteiger partial charge in [0.2, 0.25) is 11.8 Å². The highest BCUT2D eigenvalue weighted by molar-refractivity contribution is 6.42. The van der Waals surface area contributed by atoms with Crippen LogP contribution in [-0.4, -0.2) is 90.8 Å². The summed E-state index contributed by atoms with van der Waals surface area (Å²) in [6.45, 7) is 6.45. The van der Waals surface area contributed by atoms with Crippen LogP contribution in [0.4, 0.5) is 0 Å². The number of rotatable bonds is 6. The van der Waals surface area contributed by atoms with Crippen LogP contribution in [0, 0.1) is 0 Å². The van der Waals surface area contributed by atoms with Gasteiger partial charge in [-0.1, -0.05) is 29.3 Å². The zero-order valence-electron chi connectivity index (χ0n) is 16.4. The Bertz CT molecular complexity index is 701. The van der Waals surface area contributed by atoms with E-state index in [0.29, 0.717) is 29.7 Å². The predicted octanol–water partition coefficient (Wildman–Crippen LogP) is 2.19. The number of benzene rings is 1. The lowest BCUT2D eigenvalue weighted by molar-refractivity contribution is -0.134. The Morgan fingerprint density at radius 3 is 2.14 bits per heavy atom. The van der Waals surface area contributed by atoms with Gasteiger partial charge >= 0.3 is 0 Å². The molecule has 2 fully saturated rings. The first-order valence-corrected chi connectivity index (χ1v) is 10.6. The van der Waals surface area contributed by atoms with Crippen molar-refractivity contribution >= 4 is 35.0 Å². The second-order valence-corrected chi connectivity index (χ2v) is 8.45. The first kappa shape index (κ1) is 21.4. The van der Waals surface area contributed by atoms with Gasteiger partial charge in [0.1, 0.15) is 0 Å². The van der Waals surface area contributed by atoms with E-state index in [1.165, 1.54) is 0 Å². The van der Waals surface area contributed by atoms with Crippen LogP contribution in [0.3, 0.4) is 0 Å². The molecule has 1 aromatic carbocycles. The van der Waals surface area contributed by atoms with Gasteiger partial charge in [-0.15, -0.1) is 0 Å². The van der Waals surface area contributed by atoms with Gasteiger partial charge in [-0.3, -0.25) is 19.4 Å². The van der Waals surface area contributed by atoms with Crippen LogP contribution in [0.25, 0.3) is 0 Å². The molecule has 2 aliphatic heterocycles. The van der Waals surface area contributed by atoms with E-state index in [-0.39, 0.29) is 11.8 Å². The molecule has 0 bridgehead atoms. The summed E-state index contributed by atoms with van der Waals surface area (Å²) < 4.78 is 0. The van der Waals surface area contributed by atoms with Gasteiger partial charge in [0.05, 0.1) is 23.1 Å². The minimum absolute atomic E-state index is 0.0765. The van der Waals surface area contributed by atoms with Gasteiger partial charge in [-0.25, -0.2) is 0 Å². The molecule has 0 aliphatic carbocycles. The summed E-state index contributed by atoms with van der Waals surface area (Å²) in [6.07, 6.45) is 2.24. The van der Waals surface area contributed by atoms with E-state index in [0.717, 1.165) is 57.7 Å². The van der Waals surface area contributed by atoms with E-state index in [1.54, 1.807) is 24.1 Å². The van der Waals surface area contributed by atoms with Gasteiger partial charge in [-0.05, 0) is 30.5 Å². The maximum Gasteiger partial charge on any atom is 0.236 e. The van der Waals surface area contributed by atoms with Crippen molar-refractivity contribution in [1.82, 2.24) is 19.6 Å². The Hall–Kier alpha value is -1.34. The normalized spacial score (nSPS) is 18.5. The number of likely N-dealkylation sites (tertiary alicyclic amines) is 1. The second-order valence-electron chi connectivity index (χ2n) is 7.64. The number of carbonyl (C=O) groups is 2. The van der Waals surface area contributed by atoms with Crippen molar-refractivity contribution in [3.63, 3.8) is 0 Å². The fraction of sp³-hybridized carbons (Fsp3) is 0.600. The molecule has 3 rings (SSSR count). The van der Waals surface area contributed by atoms with E-state index >= 15 is 0 Å². The van der Waals surface area contributed by atoms with Crippen molar-refractivity contribution in [1.29, 1.82) is 0 Å². The zero-order chi connectivity index (χ0) is 20.1. The highest BCUT2D eigenvalue weighted by Gasteiger charge is 2.24. The molecule has 154 valence electrons. The van der Waals surface area contributed by atoms with Crippen molar-refractivity contribution in [2.75, 3.05) is 59.4 Å². The molecule has 2 heterocycles. The summed E-state index contributed by atoms with van der Waals surface area (Å²) in [4.78, 5) is 32.9. The lowest BCUT2D eigenvalue weighted by atomic mass is 10.2. The first-order valence-electron chi connectivity index (χ1n) is 9.83. The molecular weight excluding hydrogens is 399 g/mol. The highest BCUT2D eigenvalue weighted by atomic mass is 35.5. The number of halogens is 2. The van der Waals surface area contributed by atoms with Crippen LogP contribution in [0.5, 0.6) is 0 Å². The van der Waals surface area contributed by atoms with Crippen molar-refractivity contribution in [2.45, 2.75) is 19.4 Å². The molecule has 0 saturated carbocycles. The maximum absolute atomic E-state index is 12.6. The molecule has 2 saturated heterocycles. The molecule has 6 nitrogen and oxygen atoms in total. The number of likely N-dealkylation sites (N-methyl/N-ethyl adjacent to an activating group) is 1. The van der Waals surface area contributed by atoms with Crippen molar-refractivity contribution in [3.05, 3.63) is 33.8 Å². The van der Waals surface area contributed by atoms with E-state index < -0.39 is 0 Å². The summed E-state index contributed by atoms with van der Waals surface area (Å²) in [6, 6.07) is 5.43. The van der Waals surface area contributed by atoms with Crippen molar-refractivity contribution in [3.8, 4) is 0 Å². The number of hydrogen-bond acceptors (Lipinski definition) is 4. The zero-order valence-corrected chi connectivity index (χ0v) is 17.9. The van der Waals surface area contributed by atoms with Crippen LogP contribution < -0.4 is 0 Å². The fourth-order valence-corrected chi connectivity index (χ4v) is 4.00. The molecule has 0 aromatic heterocycles. The molecule has 0 atom stereocenters. The lowest BCUT2D eigenvalue weighted by Gasteiger charge is -2.35. The van der Waals surface area contributed by atoms with Crippen LogP contribution in [0.1, 0.15) is 18.4 Å². The maximum atomic E-state index is 12.6. The smallest absolute Gasteiger partial charge is 0.236 e. The molecule has 28 heavy (non-hydrogen) atoms. The van der Waals surface area contributed by atoms with Crippen LogP contribution >= 0.6 is 23.2 Å². The predicted molar refractivity (Wildman–Crippen MR) is 112 cm³/mol. The summed E-state index contributed by atoms with van der Waals surface area (Å²) in [5.41, 5.74) is 0.954. The molecule has 8 heteroatoms. The van der Waals surface area contributed by atoms with Gasteiger partial charge in [-0.2, -0.15) is 0 Å². The van der Waals surface area contributed by atoms with Crippen LogP contribution in [0.15, 0.2) is 18.2 Å². The molecule has 2 amide bonds. The average Bonchev–Trinajstić information content (AvgIpc) is 3.21. The Morgan fingerprint density at radius 1 is 0.929 bits per heavy atom. The Labute approximate surface area is 176 Å². The topological polar surface area (TPSA) is 47.1 Å². The van der Waals surface area contributed by atoms with Crippen molar-refractivity contribution < 1.29 is 9.59 Å². The Morgan fingerprint density at radius 2 is 1.54 bits per heavy atom. The monoisotopic (exact) mass is 426 g/mol. The van der Waals surface area contributed by atoms with Gasteiger partial charge in [0, 0.05) is 52.9 Å². The molecule has 0 spiro atoms. The third-order valence-electron chi connectivity index (χ3n) is 5.47. The number of nitrogens with zero attached hydrogens (tertiary/aromatic N) is 4. The fourth-order valence-electron chi connectivity index (χ4n) is 3.68. The summed E-state index contributed by atoms with van der Waals surface area (Å²) >= 11 is 12.0. The SMILES string of the molecule is CN(Cc1ccc(Cl)c(Cl)c1)C(=O)CN1CCN(CC(=O)N2CCCC2)CC1. The number of piperazine rings is 1. The van der Waals surface area contributed by atoms with Gasteiger partial charge in [0.25, 0.3) is 0 Å². The minimum atomic E-state index is 0.0765. The quantitative estimate of drug-likeness (QED) is 0.699. The minimum Gasteiger partial charge on any atom is -0.342 e. The molecular formula is C20H28Cl2N4O2. The summed E-state index contributed by atoms with van der Waals surface area (Å²) in [5.74, 6) is 0.316. The number of amides is 2. The second kappa shape index (κ2) is 9.92. The Kier molecular flexibility index (Phi) is 7.57. The summed E-state index contributed by atoms with van der Waals surface area (Å²) in [5, 5.41) is 1.01. The third kappa shape index (κ3) is 5.83. The standard InChI is InChI=1S/C20H28Cl2N4O2/c1-23(13-16-4-5-17(21)18(22)12-16)19(27)14-24-8-10-25(11-9-24)15-20(28)26-6-2-3-7-26/h4-5,12H,2-3,6-11,13-15H2,1H3. The molecule has 1 aromatic rings. The Balaban J connectivity index is 1.40. The largest absolute Gasteiger partial charge is 0.342 e. The molecule has 0 radical (unpaired) electrons. The van der Waals surface area contributed by atoms with Crippen LogP contribution in [0.2, 0.25) is 10.0 Å². The van der Waals surface area contributed by atoms with Gasteiger partial charge < -0.3 is 9.80 Å².